The van der Waals surface area contributed by atoms with Gasteiger partial charge in [-0.2, -0.15) is 0 Å². The molecule has 3 atom stereocenters. The van der Waals surface area contributed by atoms with E-state index >= 15 is 0 Å². The molecular formula is C10H18N2O. The second-order valence-corrected chi connectivity index (χ2v) is 4.34. The average molecular weight is 182 g/mol. The summed E-state index contributed by atoms with van der Waals surface area (Å²) >= 11 is 0. The number of hydrogen-bond acceptors (Lipinski definition) is 2. The van der Waals surface area contributed by atoms with Gasteiger partial charge in [0.2, 0.25) is 5.91 Å². The molecule has 1 N–H and O–H groups in total. The van der Waals surface area contributed by atoms with E-state index in [2.05, 4.69) is 12.2 Å². The Morgan fingerprint density at radius 3 is 3.08 bits per heavy atom. The van der Waals surface area contributed by atoms with Crippen molar-refractivity contribution >= 4 is 5.91 Å². The Kier molecular flexibility index (Phi) is 2.28. The van der Waals surface area contributed by atoms with Gasteiger partial charge in [0.05, 0.1) is 5.92 Å². The molecule has 0 spiro atoms. The summed E-state index contributed by atoms with van der Waals surface area (Å²) in [5.74, 6) is 0.603. The monoisotopic (exact) mass is 182 g/mol. The quantitative estimate of drug-likeness (QED) is 0.595. The van der Waals surface area contributed by atoms with Crippen LogP contribution in [0.1, 0.15) is 26.2 Å². The first-order valence-corrected chi connectivity index (χ1v) is 5.20. The highest BCUT2D eigenvalue weighted by atomic mass is 16.2. The smallest absolute Gasteiger partial charge is 0.227 e. The first-order chi connectivity index (χ1) is 6.20. The number of amides is 1. The number of nitrogens with zero attached hydrogens (tertiary/aromatic N) is 1. The van der Waals surface area contributed by atoms with E-state index in [1.807, 2.05) is 11.9 Å². The molecule has 3 unspecified atom stereocenters. The fourth-order valence-electron chi connectivity index (χ4n) is 2.50. The van der Waals surface area contributed by atoms with Gasteiger partial charge in [0, 0.05) is 19.1 Å². The van der Waals surface area contributed by atoms with Gasteiger partial charge in [-0.1, -0.05) is 0 Å². The van der Waals surface area contributed by atoms with Crippen molar-refractivity contribution in [3.05, 3.63) is 0 Å². The second kappa shape index (κ2) is 3.29. The molecule has 0 aromatic carbocycles. The van der Waals surface area contributed by atoms with E-state index in [0.29, 0.717) is 18.0 Å². The van der Waals surface area contributed by atoms with Crippen LogP contribution in [0.5, 0.6) is 0 Å². The zero-order valence-electron chi connectivity index (χ0n) is 8.42. The lowest BCUT2D eigenvalue weighted by Gasteiger charge is -2.43. The van der Waals surface area contributed by atoms with Crippen LogP contribution in [0.4, 0.5) is 0 Å². The summed E-state index contributed by atoms with van der Waals surface area (Å²) in [5.41, 5.74) is 0. The van der Waals surface area contributed by atoms with E-state index in [9.17, 15) is 4.79 Å². The molecule has 3 nitrogen and oxygen atoms in total. The molecule has 2 aliphatic heterocycles. The first-order valence-electron chi connectivity index (χ1n) is 5.20. The molecule has 2 aliphatic rings. The Morgan fingerprint density at radius 1 is 1.54 bits per heavy atom. The Morgan fingerprint density at radius 2 is 2.31 bits per heavy atom. The normalized spacial score (nSPS) is 40.3. The minimum absolute atomic E-state index is 0.259. The van der Waals surface area contributed by atoms with Crippen molar-refractivity contribution in [3.8, 4) is 0 Å². The lowest BCUT2D eigenvalue weighted by molar-refractivity contribution is -0.142. The molecule has 0 saturated carbocycles. The van der Waals surface area contributed by atoms with Gasteiger partial charge in [-0.3, -0.25) is 4.79 Å². The Bertz CT molecular complexity index is 217. The van der Waals surface area contributed by atoms with Crippen LogP contribution in [-0.4, -0.2) is 36.5 Å². The van der Waals surface area contributed by atoms with Crippen molar-refractivity contribution in [1.82, 2.24) is 10.2 Å². The van der Waals surface area contributed by atoms with Gasteiger partial charge in [0.25, 0.3) is 0 Å². The Hall–Kier alpha value is -0.570. The summed E-state index contributed by atoms with van der Waals surface area (Å²) < 4.78 is 0. The van der Waals surface area contributed by atoms with Crippen molar-refractivity contribution in [3.63, 3.8) is 0 Å². The van der Waals surface area contributed by atoms with Crippen LogP contribution >= 0.6 is 0 Å². The third-order valence-electron chi connectivity index (χ3n) is 3.51. The summed E-state index contributed by atoms with van der Waals surface area (Å²) in [6, 6.07) is 0.854. The number of carbonyl (C=O) groups is 1. The van der Waals surface area contributed by atoms with Gasteiger partial charge >= 0.3 is 0 Å². The van der Waals surface area contributed by atoms with Crippen molar-refractivity contribution in [2.24, 2.45) is 5.92 Å². The molecule has 1 amide bonds. The zero-order valence-corrected chi connectivity index (χ0v) is 8.42. The third-order valence-corrected chi connectivity index (χ3v) is 3.51. The van der Waals surface area contributed by atoms with E-state index in [0.717, 1.165) is 25.8 Å². The number of likely N-dealkylation sites (tertiary alicyclic amines) is 1. The molecule has 13 heavy (non-hydrogen) atoms. The highest BCUT2D eigenvalue weighted by molar-refractivity contribution is 5.80. The molecule has 74 valence electrons. The molecule has 2 heterocycles. The number of nitrogens with one attached hydrogen (secondary N) is 1. The number of rotatable bonds is 0. The topological polar surface area (TPSA) is 32.3 Å². The van der Waals surface area contributed by atoms with Crippen LogP contribution in [-0.2, 0) is 4.79 Å². The molecule has 0 radical (unpaired) electrons. The van der Waals surface area contributed by atoms with Crippen LogP contribution in [0.25, 0.3) is 0 Å². The van der Waals surface area contributed by atoms with Gasteiger partial charge in [0.1, 0.15) is 0 Å². The second-order valence-electron chi connectivity index (χ2n) is 4.34. The summed E-state index contributed by atoms with van der Waals surface area (Å²) in [5, 5.41) is 3.45. The Balaban J connectivity index is 2.12. The highest BCUT2D eigenvalue weighted by Gasteiger charge is 2.39. The predicted molar refractivity (Wildman–Crippen MR) is 51.4 cm³/mol. The zero-order chi connectivity index (χ0) is 9.42. The lowest BCUT2D eigenvalue weighted by Crippen LogP contribution is -2.57. The lowest BCUT2D eigenvalue weighted by atomic mass is 9.82. The van der Waals surface area contributed by atoms with Crippen LogP contribution in [0.2, 0.25) is 0 Å². The summed E-state index contributed by atoms with van der Waals surface area (Å²) in [7, 11) is 1.93. The van der Waals surface area contributed by atoms with E-state index in [1.165, 1.54) is 0 Å². The molecule has 3 heteroatoms. The molecule has 0 aromatic heterocycles. The molecule has 0 bridgehead atoms. The standard InChI is InChI=1S/C10H18N2O/c1-7-6-9-8(4-3-5-11-9)10(13)12(7)2/h7-9,11H,3-6H2,1-2H3. The SMILES string of the molecule is CC1CC2NCCCC2C(=O)N1C. The van der Waals surface area contributed by atoms with Crippen molar-refractivity contribution in [2.75, 3.05) is 13.6 Å². The van der Waals surface area contributed by atoms with Crippen molar-refractivity contribution in [2.45, 2.75) is 38.3 Å². The van der Waals surface area contributed by atoms with Gasteiger partial charge in [0.15, 0.2) is 0 Å². The number of carbonyl (C=O) groups excluding carboxylic acids is 1. The molecule has 0 aliphatic carbocycles. The fourth-order valence-corrected chi connectivity index (χ4v) is 2.50. The van der Waals surface area contributed by atoms with Crippen LogP contribution in [0.15, 0.2) is 0 Å². The number of hydrogen-bond donors (Lipinski definition) is 1. The maximum absolute atomic E-state index is 11.9. The molecule has 2 rings (SSSR count). The Labute approximate surface area is 79.5 Å². The average Bonchev–Trinajstić information content (AvgIpc) is 2.15. The van der Waals surface area contributed by atoms with Crippen molar-refractivity contribution in [1.29, 1.82) is 0 Å². The van der Waals surface area contributed by atoms with Crippen LogP contribution in [0.3, 0.4) is 0 Å². The maximum atomic E-state index is 11.9. The molecule has 2 saturated heterocycles. The minimum Gasteiger partial charge on any atom is -0.343 e. The van der Waals surface area contributed by atoms with Gasteiger partial charge in [-0.15, -0.1) is 0 Å². The third kappa shape index (κ3) is 1.46. The fraction of sp³-hybridized carbons (Fsp3) is 0.900. The summed E-state index contributed by atoms with van der Waals surface area (Å²) in [6.07, 6.45) is 3.34. The van der Waals surface area contributed by atoms with E-state index in [-0.39, 0.29) is 5.92 Å². The summed E-state index contributed by atoms with van der Waals surface area (Å²) in [6.45, 7) is 3.22. The highest BCUT2D eigenvalue weighted by Crippen LogP contribution is 2.28. The van der Waals surface area contributed by atoms with E-state index in [4.69, 9.17) is 0 Å². The maximum Gasteiger partial charge on any atom is 0.227 e. The van der Waals surface area contributed by atoms with Crippen LogP contribution in [0, 0.1) is 5.92 Å². The molecule has 0 aromatic rings. The summed E-state index contributed by atoms with van der Waals surface area (Å²) in [4.78, 5) is 13.8. The minimum atomic E-state index is 0.259. The van der Waals surface area contributed by atoms with E-state index < -0.39 is 0 Å². The predicted octanol–water partition coefficient (Wildman–Crippen LogP) is 0.605. The van der Waals surface area contributed by atoms with Crippen LogP contribution < -0.4 is 5.32 Å². The van der Waals surface area contributed by atoms with Gasteiger partial charge in [-0.05, 0) is 32.7 Å². The number of fused-ring (bicyclic) bond motifs is 1. The first kappa shape index (κ1) is 9.00. The van der Waals surface area contributed by atoms with Gasteiger partial charge < -0.3 is 10.2 Å². The largest absolute Gasteiger partial charge is 0.343 e. The van der Waals surface area contributed by atoms with Crippen molar-refractivity contribution < 1.29 is 4.79 Å². The van der Waals surface area contributed by atoms with E-state index in [1.54, 1.807) is 0 Å². The van der Waals surface area contributed by atoms with Gasteiger partial charge in [-0.25, -0.2) is 0 Å². The molecule has 2 fully saturated rings. The molecular weight excluding hydrogens is 164 g/mol. The number of piperidine rings is 2.